The molecule has 0 saturated heterocycles. The van der Waals surface area contributed by atoms with Gasteiger partial charge in [0, 0.05) is 0 Å². The van der Waals surface area contributed by atoms with Gasteiger partial charge in [-0.15, -0.1) is 0 Å². The van der Waals surface area contributed by atoms with Crippen molar-refractivity contribution in [1.29, 1.82) is 0 Å². The maximum Gasteiger partial charge on any atom is 0.417 e. The first-order valence-electron chi connectivity index (χ1n) is 7.08. The van der Waals surface area contributed by atoms with Crippen molar-refractivity contribution in [3.8, 4) is 0 Å². The molecular weight excluding hydrogens is 232 g/mol. The lowest BCUT2D eigenvalue weighted by atomic mass is 10.1. The highest BCUT2D eigenvalue weighted by Gasteiger charge is 2.11. The maximum absolute atomic E-state index is 10.6. The second-order valence-electron chi connectivity index (χ2n) is 4.62. The molecule has 0 rings (SSSR count). The first-order valence-corrected chi connectivity index (χ1v) is 7.08. The fourth-order valence-electron chi connectivity index (χ4n) is 1.82. The number of unbranched alkanes of at least 4 members (excludes halogenated alkanes) is 9. The van der Waals surface area contributed by atoms with Crippen molar-refractivity contribution in [2.45, 2.75) is 71.1 Å². The molecule has 0 amide bonds. The quantitative estimate of drug-likeness (QED) is 0.350. The summed E-state index contributed by atoms with van der Waals surface area (Å²) in [5, 5.41) is 8.27. The number of rotatable bonds is 11. The van der Waals surface area contributed by atoms with Gasteiger partial charge in [0.15, 0.2) is 0 Å². The molecule has 0 aliphatic heterocycles. The van der Waals surface area contributed by atoms with Gasteiger partial charge in [-0.1, -0.05) is 64.7 Å². The Hall–Kier alpha value is -1.06. The highest BCUT2D eigenvalue weighted by atomic mass is 16.6. The van der Waals surface area contributed by atoms with Crippen LogP contribution >= 0.6 is 0 Å². The molecule has 0 heterocycles. The number of ether oxygens (including phenoxy) is 1. The van der Waals surface area contributed by atoms with Crippen LogP contribution in [0, 0.1) is 0 Å². The van der Waals surface area contributed by atoms with Crippen molar-refractivity contribution in [2.24, 2.45) is 0 Å². The first kappa shape index (κ1) is 16.9. The molecular formula is C14H26O4. The summed E-state index contributed by atoms with van der Waals surface area (Å²) in [7, 11) is 0. The van der Waals surface area contributed by atoms with Crippen molar-refractivity contribution in [2.75, 3.05) is 6.61 Å². The number of aliphatic carboxylic acids is 1. The largest absolute Gasteiger partial charge is 0.473 e. The van der Waals surface area contributed by atoms with Gasteiger partial charge < -0.3 is 9.84 Å². The minimum atomic E-state index is -1.51. The lowest BCUT2D eigenvalue weighted by molar-refractivity contribution is -0.163. The summed E-state index contributed by atoms with van der Waals surface area (Å²) in [5.41, 5.74) is 0. The van der Waals surface area contributed by atoms with Crippen molar-refractivity contribution in [3.63, 3.8) is 0 Å². The standard InChI is InChI=1S/C14H26O4/c1-2-3-4-5-6-7-8-9-10-11-12-18-14(17)13(15)16/h2-12H2,1H3,(H,15,16). The van der Waals surface area contributed by atoms with Crippen LogP contribution in [0.25, 0.3) is 0 Å². The van der Waals surface area contributed by atoms with Crippen molar-refractivity contribution in [1.82, 2.24) is 0 Å². The zero-order chi connectivity index (χ0) is 13.6. The fraction of sp³-hybridized carbons (Fsp3) is 0.857. The predicted molar refractivity (Wildman–Crippen MR) is 70.4 cm³/mol. The molecule has 0 aliphatic carbocycles. The number of carbonyl (C=O) groups excluding carboxylic acids is 1. The third-order valence-corrected chi connectivity index (χ3v) is 2.91. The average molecular weight is 258 g/mol. The fourth-order valence-corrected chi connectivity index (χ4v) is 1.82. The Kier molecular flexibility index (Phi) is 11.7. The monoisotopic (exact) mass is 258 g/mol. The summed E-state index contributed by atoms with van der Waals surface area (Å²) in [5.74, 6) is -2.66. The number of carbonyl (C=O) groups is 2. The van der Waals surface area contributed by atoms with E-state index in [1.165, 1.54) is 44.9 Å². The van der Waals surface area contributed by atoms with E-state index in [9.17, 15) is 9.59 Å². The van der Waals surface area contributed by atoms with E-state index in [4.69, 9.17) is 5.11 Å². The van der Waals surface area contributed by atoms with Crippen molar-refractivity contribution >= 4 is 11.9 Å². The zero-order valence-corrected chi connectivity index (χ0v) is 11.5. The van der Waals surface area contributed by atoms with Crippen LogP contribution in [0.3, 0.4) is 0 Å². The van der Waals surface area contributed by atoms with E-state index in [0.717, 1.165) is 19.3 Å². The van der Waals surface area contributed by atoms with Gasteiger partial charge in [-0.05, 0) is 6.42 Å². The van der Waals surface area contributed by atoms with Crippen LogP contribution < -0.4 is 0 Å². The smallest absolute Gasteiger partial charge is 0.417 e. The molecule has 0 spiro atoms. The van der Waals surface area contributed by atoms with Crippen molar-refractivity contribution in [3.05, 3.63) is 0 Å². The molecule has 0 saturated carbocycles. The Morgan fingerprint density at radius 1 is 0.833 bits per heavy atom. The lowest BCUT2D eigenvalue weighted by Crippen LogP contribution is -2.16. The molecule has 0 aromatic heterocycles. The second-order valence-corrected chi connectivity index (χ2v) is 4.62. The van der Waals surface area contributed by atoms with E-state index in [2.05, 4.69) is 11.7 Å². The Bertz CT molecular complexity index is 226. The summed E-state index contributed by atoms with van der Waals surface area (Å²) in [6.45, 7) is 2.44. The van der Waals surface area contributed by atoms with E-state index in [1.54, 1.807) is 0 Å². The van der Waals surface area contributed by atoms with Crippen LogP contribution in [-0.2, 0) is 14.3 Å². The predicted octanol–water partition coefficient (Wildman–Crippen LogP) is 3.54. The van der Waals surface area contributed by atoms with Gasteiger partial charge in [0.05, 0.1) is 6.61 Å². The highest BCUT2D eigenvalue weighted by molar-refractivity contribution is 6.28. The van der Waals surface area contributed by atoms with E-state index in [1.807, 2.05) is 0 Å². The number of hydrogen-bond acceptors (Lipinski definition) is 3. The molecule has 4 heteroatoms. The summed E-state index contributed by atoms with van der Waals surface area (Å²) >= 11 is 0. The summed E-state index contributed by atoms with van der Waals surface area (Å²) in [4.78, 5) is 20.7. The summed E-state index contributed by atoms with van der Waals surface area (Å²) in [6.07, 6.45) is 12.0. The van der Waals surface area contributed by atoms with Gasteiger partial charge in [0.2, 0.25) is 0 Å². The van der Waals surface area contributed by atoms with Crippen LogP contribution in [0.5, 0.6) is 0 Å². The molecule has 1 N–H and O–H groups in total. The van der Waals surface area contributed by atoms with E-state index < -0.39 is 11.9 Å². The van der Waals surface area contributed by atoms with Crippen LogP contribution in [0.4, 0.5) is 0 Å². The molecule has 106 valence electrons. The van der Waals surface area contributed by atoms with Gasteiger partial charge in [-0.2, -0.15) is 0 Å². The molecule has 0 radical (unpaired) electrons. The highest BCUT2D eigenvalue weighted by Crippen LogP contribution is 2.10. The minimum Gasteiger partial charge on any atom is -0.473 e. The molecule has 4 nitrogen and oxygen atoms in total. The van der Waals surface area contributed by atoms with Gasteiger partial charge in [0.25, 0.3) is 0 Å². The van der Waals surface area contributed by atoms with Gasteiger partial charge in [0.1, 0.15) is 0 Å². The molecule has 0 atom stereocenters. The molecule has 0 aromatic carbocycles. The molecule has 0 aromatic rings. The zero-order valence-electron chi connectivity index (χ0n) is 11.5. The van der Waals surface area contributed by atoms with Gasteiger partial charge in [-0.25, -0.2) is 9.59 Å². The van der Waals surface area contributed by atoms with Gasteiger partial charge >= 0.3 is 11.9 Å². The van der Waals surface area contributed by atoms with Crippen LogP contribution in [0.2, 0.25) is 0 Å². The van der Waals surface area contributed by atoms with Crippen molar-refractivity contribution < 1.29 is 19.4 Å². The number of carboxylic acids is 1. The van der Waals surface area contributed by atoms with E-state index in [0.29, 0.717) is 0 Å². The third-order valence-electron chi connectivity index (χ3n) is 2.91. The van der Waals surface area contributed by atoms with Crippen LogP contribution in [0.15, 0.2) is 0 Å². The van der Waals surface area contributed by atoms with E-state index >= 15 is 0 Å². The molecule has 0 fully saturated rings. The van der Waals surface area contributed by atoms with E-state index in [-0.39, 0.29) is 6.61 Å². The Morgan fingerprint density at radius 2 is 1.28 bits per heavy atom. The Morgan fingerprint density at radius 3 is 1.72 bits per heavy atom. The third kappa shape index (κ3) is 11.4. The molecule has 0 aliphatic rings. The number of carboxylic acid groups (broad SMARTS) is 1. The first-order chi connectivity index (χ1) is 8.68. The number of hydrogen-bond donors (Lipinski definition) is 1. The Labute approximate surface area is 110 Å². The molecule has 0 bridgehead atoms. The van der Waals surface area contributed by atoms with Crippen LogP contribution in [0.1, 0.15) is 71.1 Å². The van der Waals surface area contributed by atoms with Crippen LogP contribution in [-0.4, -0.2) is 23.7 Å². The SMILES string of the molecule is CCCCCCCCCCCCOC(=O)C(=O)O. The topological polar surface area (TPSA) is 63.6 Å². The Balaban J connectivity index is 3.07. The summed E-state index contributed by atoms with van der Waals surface area (Å²) < 4.78 is 4.54. The average Bonchev–Trinajstić information content (AvgIpc) is 2.35. The normalized spacial score (nSPS) is 10.3. The molecule has 18 heavy (non-hydrogen) atoms. The lowest BCUT2D eigenvalue weighted by Gasteiger charge is -2.03. The summed E-state index contributed by atoms with van der Waals surface area (Å²) in [6, 6.07) is 0. The molecule has 0 unspecified atom stereocenters. The minimum absolute atomic E-state index is 0.224. The second kappa shape index (κ2) is 12.4. The number of esters is 1. The maximum atomic E-state index is 10.6. The van der Waals surface area contributed by atoms with Gasteiger partial charge in [-0.3, -0.25) is 0 Å².